The number of piperidine rings is 1. The zero-order valence-corrected chi connectivity index (χ0v) is 18.4. The van der Waals surface area contributed by atoms with Crippen LogP contribution in [0.4, 0.5) is 0 Å². The van der Waals surface area contributed by atoms with E-state index in [0.29, 0.717) is 23.2 Å². The number of aromatic amines is 1. The van der Waals surface area contributed by atoms with Crippen molar-refractivity contribution in [3.63, 3.8) is 0 Å². The first-order chi connectivity index (χ1) is 15.5. The van der Waals surface area contributed by atoms with Gasteiger partial charge in [0.2, 0.25) is 0 Å². The number of amides is 1. The number of aromatic nitrogens is 2. The van der Waals surface area contributed by atoms with Gasteiger partial charge in [0, 0.05) is 17.3 Å². The Bertz CT molecular complexity index is 1190. The number of ketones is 1. The van der Waals surface area contributed by atoms with Gasteiger partial charge in [-0.3, -0.25) is 14.4 Å². The SMILES string of the molecule is CCc1cc2[nH]c(C(=O)NC3CCNCC3)c(OC)c2c(=O)n1CC(=O)c1ccccc1. The summed E-state index contributed by atoms with van der Waals surface area (Å²) in [5, 5.41) is 6.58. The van der Waals surface area contributed by atoms with E-state index >= 15 is 0 Å². The predicted octanol–water partition coefficient (Wildman–Crippen LogP) is 2.27. The summed E-state index contributed by atoms with van der Waals surface area (Å²) < 4.78 is 6.98. The monoisotopic (exact) mass is 436 g/mol. The molecule has 1 aliphatic rings. The zero-order valence-electron chi connectivity index (χ0n) is 18.4. The van der Waals surface area contributed by atoms with E-state index in [1.54, 1.807) is 24.3 Å². The van der Waals surface area contributed by atoms with Crippen molar-refractivity contribution in [3.8, 4) is 5.75 Å². The number of nitrogens with zero attached hydrogens (tertiary/aromatic N) is 1. The molecule has 168 valence electrons. The van der Waals surface area contributed by atoms with Crippen molar-refractivity contribution in [1.82, 2.24) is 20.2 Å². The van der Waals surface area contributed by atoms with Gasteiger partial charge < -0.3 is 24.9 Å². The van der Waals surface area contributed by atoms with E-state index in [2.05, 4.69) is 15.6 Å². The molecule has 8 heteroatoms. The Balaban J connectivity index is 1.73. The maximum absolute atomic E-state index is 13.5. The summed E-state index contributed by atoms with van der Waals surface area (Å²) in [7, 11) is 1.44. The predicted molar refractivity (Wildman–Crippen MR) is 123 cm³/mol. The first-order valence-electron chi connectivity index (χ1n) is 11.0. The van der Waals surface area contributed by atoms with E-state index in [1.807, 2.05) is 19.1 Å². The van der Waals surface area contributed by atoms with Gasteiger partial charge in [-0.05, 0) is 38.4 Å². The van der Waals surface area contributed by atoms with Crippen molar-refractivity contribution in [2.45, 2.75) is 38.8 Å². The number of ether oxygens (including phenoxy) is 1. The van der Waals surface area contributed by atoms with Crippen molar-refractivity contribution in [3.05, 3.63) is 63.7 Å². The van der Waals surface area contributed by atoms with Gasteiger partial charge in [-0.1, -0.05) is 37.3 Å². The quantitative estimate of drug-likeness (QED) is 0.493. The highest BCUT2D eigenvalue weighted by molar-refractivity contribution is 6.03. The molecule has 0 bridgehead atoms. The molecule has 0 radical (unpaired) electrons. The van der Waals surface area contributed by atoms with E-state index < -0.39 is 0 Å². The number of aryl methyl sites for hydroxylation is 1. The number of fused-ring (bicyclic) bond motifs is 1. The maximum atomic E-state index is 13.5. The van der Waals surface area contributed by atoms with Gasteiger partial charge in [-0.2, -0.15) is 0 Å². The summed E-state index contributed by atoms with van der Waals surface area (Å²) in [4.78, 5) is 42.3. The van der Waals surface area contributed by atoms with Crippen LogP contribution < -0.4 is 20.9 Å². The highest BCUT2D eigenvalue weighted by Crippen LogP contribution is 2.28. The second kappa shape index (κ2) is 9.40. The molecule has 1 aliphatic heterocycles. The van der Waals surface area contributed by atoms with E-state index in [0.717, 1.165) is 25.9 Å². The van der Waals surface area contributed by atoms with Crippen LogP contribution in [0.25, 0.3) is 10.9 Å². The van der Waals surface area contributed by atoms with Gasteiger partial charge >= 0.3 is 0 Å². The molecular formula is C24H28N4O4. The molecule has 1 amide bonds. The van der Waals surface area contributed by atoms with Crippen LogP contribution in [-0.4, -0.2) is 47.5 Å². The molecular weight excluding hydrogens is 408 g/mol. The minimum atomic E-state index is -0.349. The zero-order chi connectivity index (χ0) is 22.7. The molecule has 0 atom stereocenters. The number of nitrogens with one attached hydrogen (secondary N) is 3. The number of rotatable bonds is 7. The summed E-state index contributed by atoms with van der Waals surface area (Å²) in [6.07, 6.45) is 2.26. The fourth-order valence-corrected chi connectivity index (χ4v) is 4.24. The lowest BCUT2D eigenvalue weighted by molar-refractivity contribution is 0.0920. The molecule has 0 saturated carbocycles. The summed E-state index contributed by atoms with van der Waals surface area (Å²) in [6.45, 7) is 3.56. The summed E-state index contributed by atoms with van der Waals surface area (Å²) >= 11 is 0. The van der Waals surface area contributed by atoms with Crippen LogP contribution in [0.1, 0.15) is 46.3 Å². The number of carbonyl (C=O) groups excluding carboxylic acids is 2. The molecule has 1 aromatic carbocycles. The summed E-state index contributed by atoms with van der Waals surface area (Å²) in [5.41, 5.74) is 1.66. The minimum Gasteiger partial charge on any atom is -0.493 e. The number of pyridine rings is 1. The third-order valence-electron chi connectivity index (χ3n) is 5.97. The Morgan fingerprint density at radius 2 is 1.91 bits per heavy atom. The molecule has 1 fully saturated rings. The molecule has 2 aromatic heterocycles. The van der Waals surface area contributed by atoms with Gasteiger partial charge in [0.05, 0.1) is 19.2 Å². The molecule has 8 nitrogen and oxygen atoms in total. The Kier molecular flexibility index (Phi) is 6.41. The molecule has 3 aromatic rings. The first kappa shape index (κ1) is 21.8. The molecule has 1 saturated heterocycles. The van der Waals surface area contributed by atoms with Crippen molar-refractivity contribution in [1.29, 1.82) is 0 Å². The number of H-pyrrole nitrogens is 1. The van der Waals surface area contributed by atoms with Gasteiger partial charge in [-0.25, -0.2) is 0 Å². The number of benzene rings is 1. The highest BCUT2D eigenvalue weighted by Gasteiger charge is 2.25. The van der Waals surface area contributed by atoms with Crippen LogP contribution in [0.5, 0.6) is 5.75 Å². The third-order valence-corrected chi connectivity index (χ3v) is 5.97. The Morgan fingerprint density at radius 1 is 1.19 bits per heavy atom. The van der Waals surface area contributed by atoms with Gasteiger partial charge in [0.25, 0.3) is 11.5 Å². The van der Waals surface area contributed by atoms with Gasteiger partial charge in [0.1, 0.15) is 11.1 Å². The first-order valence-corrected chi connectivity index (χ1v) is 11.0. The van der Waals surface area contributed by atoms with E-state index in [1.165, 1.54) is 11.7 Å². The third kappa shape index (κ3) is 4.18. The second-order valence-corrected chi connectivity index (χ2v) is 7.99. The number of carbonyl (C=O) groups is 2. The average molecular weight is 437 g/mol. The van der Waals surface area contributed by atoms with E-state index in [9.17, 15) is 14.4 Å². The number of hydrogen-bond acceptors (Lipinski definition) is 5. The van der Waals surface area contributed by atoms with Crippen molar-refractivity contribution < 1.29 is 14.3 Å². The molecule has 3 N–H and O–H groups in total. The molecule has 32 heavy (non-hydrogen) atoms. The summed E-state index contributed by atoms with van der Waals surface area (Å²) in [6, 6.07) is 10.8. The number of Topliss-reactive ketones (excluding diaryl/α,β-unsaturated/α-hetero) is 1. The van der Waals surface area contributed by atoms with Gasteiger partial charge in [-0.15, -0.1) is 0 Å². The Labute approximate surface area is 186 Å². The van der Waals surface area contributed by atoms with Crippen LogP contribution in [0.3, 0.4) is 0 Å². The fraction of sp³-hybridized carbons (Fsp3) is 0.375. The van der Waals surface area contributed by atoms with Crippen molar-refractivity contribution in [2.24, 2.45) is 0 Å². The lowest BCUT2D eigenvalue weighted by Crippen LogP contribution is -2.42. The molecule has 0 unspecified atom stereocenters. The largest absolute Gasteiger partial charge is 0.493 e. The van der Waals surface area contributed by atoms with E-state index in [4.69, 9.17) is 4.74 Å². The van der Waals surface area contributed by atoms with Crippen LogP contribution in [0.15, 0.2) is 41.2 Å². The molecule has 4 rings (SSSR count). The molecule has 0 aliphatic carbocycles. The van der Waals surface area contributed by atoms with Crippen molar-refractivity contribution >= 4 is 22.6 Å². The Morgan fingerprint density at radius 3 is 2.56 bits per heavy atom. The Hall–Kier alpha value is -3.39. The lowest BCUT2D eigenvalue weighted by Gasteiger charge is -2.23. The number of hydrogen-bond donors (Lipinski definition) is 3. The molecule has 3 heterocycles. The highest BCUT2D eigenvalue weighted by atomic mass is 16.5. The average Bonchev–Trinajstić information content (AvgIpc) is 3.20. The topological polar surface area (TPSA) is 105 Å². The normalized spacial score (nSPS) is 14.4. The summed E-state index contributed by atoms with van der Waals surface area (Å²) in [5.74, 6) is -0.241. The van der Waals surface area contributed by atoms with Crippen LogP contribution in [-0.2, 0) is 13.0 Å². The van der Waals surface area contributed by atoms with Crippen LogP contribution >= 0.6 is 0 Å². The standard InChI is InChI=1S/C24H28N4O4/c1-3-17-13-18-20(24(31)28(17)14-19(29)15-7-5-4-6-8-15)22(32-2)21(27-18)23(30)26-16-9-11-25-12-10-16/h4-8,13,16,25,27H,3,9-12,14H2,1-2H3,(H,26,30). The van der Waals surface area contributed by atoms with E-state index in [-0.39, 0.29) is 46.7 Å². The fourth-order valence-electron chi connectivity index (χ4n) is 4.24. The minimum absolute atomic E-state index is 0.0752. The lowest BCUT2D eigenvalue weighted by atomic mass is 10.1. The molecule has 0 spiro atoms. The van der Waals surface area contributed by atoms with Crippen molar-refractivity contribution in [2.75, 3.05) is 20.2 Å². The smallest absolute Gasteiger partial charge is 0.271 e. The van der Waals surface area contributed by atoms with Crippen LogP contribution in [0.2, 0.25) is 0 Å². The number of methoxy groups -OCH3 is 1. The van der Waals surface area contributed by atoms with Crippen LogP contribution in [0, 0.1) is 0 Å². The maximum Gasteiger partial charge on any atom is 0.271 e. The second-order valence-electron chi connectivity index (χ2n) is 7.99. The van der Waals surface area contributed by atoms with Gasteiger partial charge in [0.15, 0.2) is 11.5 Å².